The fourth-order valence-electron chi connectivity index (χ4n) is 2.06. The zero-order valence-electron chi connectivity index (χ0n) is 9.52. The Hall–Kier alpha value is -1.14. The zero-order valence-corrected chi connectivity index (χ0v) is 11.1. The minimum absolute atomic E-state index is 0.169. The number of nitro benzene ring substituents is 1. The number of rotatable bonds is 2. The highest BCUT2D eigenvalue weighted by atomic mass is 79.9. The number of nitrogens with zero attached hydrogens (tertiary/aromatic N) is 2. The molecule has 1 aromatic rings. The third kappa shape index (κ3) is 2.76. The van der Waals surface area contributed by atoms with Gasteiger partial charge in [-0.3, -0.25) is 10.1 Å². The normalized spacial score (nSPS) is 20.4. The molecule has 0 aliphatic carbocycles. The SMILES string of the molecule is C[C@H]1CN(c2cc(Br)ccc2[N+](=O)[O-])CCN1. The summed E-state index contributed by atoms with van der Waals surface area (Å²) in [5.41, 5.74) is 0.861. The van der Waals surface area contributed by atoms with Crippen LogP contribution in [0.4, 0.5) is 11.4 Å². The summed E-state index contributed by atoms with van der Waals surface area (Å²) in [5, 5.41) is 14.3. The van der Waals surface area contributed by atoms with E-state index in [4.69, 9.17) is 0 Å². The average Bonchev–Trinajstić information content (AvgIpc) is 2.28. The standard InChI is InChI=1S/C11H14BrN3O2/c1-8-7-14(5-4-13-8)11-6-9(12)2-3-10(11)15(16)17/h2-3,6,8,13H,4-5,7H2,1H3/t8-/m0/s1. The van der Waals surface area contributed by atoms with Crippen molar-refractivity contribution in [3.8, 4) is 0 Å². The minimum atomic E-state index is -0.325. The predicted molar refractivity (Wildman–Crippen MR) is 70.5 cm³/mol. The number of halogens is 1. The van der Waals surface area contributed by atoms with Gasteiger partial charge in [0.2, 0.25) is 0 Å². The molecule has 0 amide bonds. The highest BCUT2D eigenvalue weighted by Gasteiger charge is 2.23. The van der Waals surface area contributed by atoms with Gasteiger partial charge in [-0.05, 0) is 19.1 Å². The van der Waals surface area contributed by atoms with Gasteiger partial charge in [0.25, 0.3) is 5.69 Å². The molecule has 92 valence electrons. The van der Waals surface area contributed by atoms with Crippen LogP contribution in [0.3, 0.4) is 0 Å². The average molecular weight is 300 g/mol. The van der Waals surface area contributed by atoms with Crippen LogP contribution in [0.2, 0.25) is 0 Å². The number of nitro groups is 1. The summed E-state index contributed by atoms with van der Waals surface area (Å²) in [4.78, 5) is 12.7. The lowest BCUT2D eigenvalue weighted by Crippen LogP contribution is -2.49. The number of anilines is 1. The summed E-state index contributed by atoms with van der Waals surface area (Å²) in [6, 6.07) is 5.41. The Morgan fingerprint density at radius 3 is 3.00 bits per heavy atom. The molecule has 1 aliphatic heterocycles. The lowest BCUT2D eigenvalue weighted by atomic mass is 10.2. The van der Waals surface area contributed by atoms with Crippen LogP contribution in [0.25, 0.3) is 0 Å². The van der Waals surface area contributed by atoms with Crippen molar-refractivity contribution in [3.63, 3.8) is 0 Å². The van der Waals surface area contributed by atoms with Crippen molar-refractivity contribution in [3.05, 3.63) is 32.8 Å². The summed E-state index contributed by atoms with van der Waals surface area (Å²) >= 11 is 3.36. The van der Waals surface area contributed by atoms with E-state index < -0.39 is 0 Å². The van der Waals surface area contributed by atoms with E-state index in [2.05, 4.69) is 33.1 Å². The van der Waals surface area contributed by atoms with Gasteiger partial charge in [0, 0.05) is 36.2 Å². The quantitative estimate of drug-likeness (QED) is 0.671. The topological polar surface area (TPSA) is 58.4 Å². The summed E-state index contributed by atoms with van der Waals surface area (Å²) in [6.45, 7) is 4.51. The Morgan fingerprint density at radius 1 is 1.59 bits per heavy atom. The third-order valence-corrected chi connectivity index (χ3v) is 3.34. The van der Waals surface area contributed by atoms with Gasteiger partial charge in [-0.15, -0.1) is 0 Å². The van der Waals surface area contributed by atoms with Gasteiger partial charge in [-0.25, -0.2) is 0 Å². The van der Waals surface area contributed by atoms with Crippen LogP contribution in [0.5, 0.6) is 0 Å². The van der Waals surface area contributed by atoms with Gasteiger partial charge in [0.15, 0.2) is 0 Å². The first-order chi connectivity index (χ1) is 8.08. The zero-order chi connectivity index (χ0) is 12.4. The predicted octanol–water partition coefficient (Wildman–Crippen LogP) is 2.16. The fourth-order valence-corrected chi connectivity index (χ4v) is 2.40. The summed E-state index contributed by atoms with van der Waals surface area (Å²) in [6.07, 6.45) is 0. The molecule has 1 aromatic carbocycles. The van der Waals surface area contributed by atoms with Crippen molar-refractivity contribution in [1.82, 2.24) is 5.32 Å². The van der Waals surface area contributed by atoms with E-state index >= 15 is 0 Å². The van der Waals surface area contributed by atoms with E-state index in [1.165, 1.54) is 0 Å². The van der Waals surface area contributed by atoms with Crippen LogP contribution < -0.4 is 10.2 Å². The molecule has 1 fully saturated rings. The van der Waals surface area contributed by atoms with Crippen LogP contribution in [-0.4, -0.2) is 30.6 Å². The highest BCUT2D eigenvalue weighted by molar-refractivity contribution is 9.10. The molecule has 1 heterocycles. The van der Waals surface area contributed by atoms with E-state index in [1.807, 2.05) is 6.07 Å². The van der Waals surface area contributed by atoms with E-state index in [9.17, 15) is 10.1 Å². The molecular weight excluding hydrogens is 286 g/mol. The van der Waals surface area contributed by atoms with Gasteiger partial charge in [0.05, 0.1) is 4.92 Å². The lowest BCUT2D eigenvalue weighted by Gasteiger charge is -2.33. The number of nitrogens with one attached hydrogen (secondary N) is 1. The molecule has 1 saturated heterocycles. The lowest BCUT2D eigenvalue weighted by molar-refractivity contribution is -0.384. The molecule has 5 nitrogen and oxygen atoms in total. The largest absolute Gasteiger partial charge is 0.363 e. The van der Waals surface area contributed by atoms with Crippen molar-refractivity contribution in [2.24, 2.45) is 0 Å². The second-order valence-corrected chi connectivity index (χ2v) is 5.11. The molecule has 0 spiro atoms. The van der Waals surface area contributed by atoms with Crippen molar-refractivity contribution in [1.29, 1.82) is 0 Å². The van der Waals surface area contributed by atoms with Crippen molar-refractivity contribution in [2.75, 3.05) is 24.5 Å². The molecule has 0 saturated carbocycles. The highest BCUT2D eigenvalue weighted by Crippen LogP contribution is 2.31. The van der Waals surface area contributed by atoms with E-state index in [0.717, 1.165) is 24.1 Å². The molecule has 0 radical (unpaired) electrons. The molecule has 2 rings (SSSR count). The van der Waals surface area contributed by atoms with Crippen molar-refractivity contribution >= 4 is 27.3 Å². The molecule has 0 aromatic heterocycles. The van der Waals surface area contributed by atoms with Gasteiger partial charge >= 0.3 is 0 Å². The second-order valence-electron chi connectivity index (χ2n) is 4.19. The Kier molecular flexibility index (Phi) is 3.63. The number of hydrogen-bond acceptors (Lipinski definition) is 4. The second kappa shape index (κ2) is 5.01. The Labute approximate surface area is 108 Å². The molecule has 1 aliphatic rings. The van der Waals surface area contributed by atoms with Crippen molar-refractivity contribution in [2.45, 2.75) is 13.0 Å². The summed E-state index contributed by atoms with van der Waals surface area (Å²) in [7, 11) is 0. The maximum Gasteiger partial charge on any atom is 0.292 e. The Morgan fingerprint density at radius 2 is 2.35 bits per heavy atom. The van der Waals surface area contributed by atoms with Gasteiger partial charge < -0.3 is 10.2 Å². The van der Waals surface area contributed by atoms with Crippen molar-refractivity contribution < 1.29 is 4.92 Å². The smallest absolute Gasteiger partial charge is 0.292 e. The third-order valence-electron chi connectivity index (χ3n) is 2.84. The summed E-state index contributed by atoms with van der Waals surface area (Å²) < 4.78 is 0.865. The van der Waals surface area contributed by atoms with Gasteiger partial charge in [-0.2, -0.15) is 0 Å². The molecule has 1 atom stereocenters. The van der Waals surface area contributed by atoms with Crippen LogP contribution >= 0.6 is 15.9 Å². The van der Waals surface area contributed by atoms with E-state index in [0.29, 0.717) is 11.7 Å². The van der Waals surface area contributed by atoms with Crippen LogP contribution in [-0.2, 0) is 0 Å². The maximum absolute atomic E-state index is 11.0. The molecule has 1 N–H and O–H groups in total. The summed E-state index contributed by atoms with van der Waals surface area (Å²) in [5.74, 6) is 0. The molecule has 0 bridgehead atoms. The van der Waals surface area contributed by atoms with Crippen LogP contribution in [0.15, 0.2) is 22.7 Å². The Balaban J connectivity index is 2.35. The van der Waals surface area contributed by atoms with E-state index in [-0.39, 0.29) is 10.6 Å². The minimum Gasteiger partial charge on any atom is -0.363 e. The van der Waals surface area contributed by atoms with Crippen LogP contribution in [0, 0.1) is 10.1 Å². The fraction of sp³-hybridized carbons (Fsp3) is 0.455. The van der Waals surface area contributed by atoms with Gasteiger partial charge in [0.1, 0.15) is 5.69 Å². The molecule has 6 heteroatoms. The Bertz CT molecular complexity index is 439. The number of piperazine rings is 1. The number of benzene rings is 1. The molecule has 0 unspecified atom stereocenters. The first-order valence-corrected chi connectivity index (χ1v) is 6.29. The van der Waals surface area contributed by atoms with Gasteiger partial charge in [-0.1, -0.05) is 15.9 Å². The first-order valence-electron chi connectivity index (χ1n) is 5.50. The van der Waals surface area contributed by atoms with Crippen LogP contribution in [0.1, 0.15) is 6.92 Å². The monoisotopic (exact) mass is 299 g/mol. The molecule has 17 heavy (non-hydrogen) atoms. The maximum atomic E-state index is 11.0. The first kappa shape index (κ1) is 12.3. The molecular formula is C11H14BrN3O2. The number of hydrogen-bond donors (Lipinski definition) is 1. The van der Waals surface area contributed by atoms with E-state index in [1.54, 1.807) is 12.1 Å².